The summed E-state index contributed by atoms with van der Waals surface area (Å²) < 4.78 is 10.5. The molecule has 0 saturated carbocycles. The van der Waals surface area contributed by atoms with Crippen molar-refractivity contribution in [1.82, 2.24) is 20.0 Å². The topological polar surface area (TPSA) is 81.4 Å². The van der Waals surface area contributed by atoms with E-state index < -0.39 is 0 Å². The predicted octanol–water partition coefficient (Wildman–Crippen LogP) is 1.83. The minimum Gasteiger partial charge on any atom is -0.371 e. The third-order valence-electron chi connectivity index (χ3n) is 2.91. The summed E-state index contributed by atoms with van der Waals surface area (Å²) in [6.07, 6.45) is 2.93. The lowest BCUT2D eigenvalue weighted by atomic mass is 10.2. The highest BCUT2D eigenvalue weighted by Gasteiger charge is 2.17. The van der Waals surface area contributed by atoms with Gasteiger partial charge >= 0.3 is 0 Å². The van der Waals surface area contributed by atoms with E-state index in [-0.39, 0.29) is 18.6 Å². The molecule has 2 aromatic rings. The SMILES string of the molecule is CCOC(C)c1noc(CN(C)C(=O)c2ccncc2)n1. The van der Waals surface area contributed by atoms with E-state index >= 15 is 0 Å². The van der Waals surface area contributed by atoms with Crippen molar-refractivity contribution in [3.05, 3.63) is 41.8 Å². The van der Waals surface area contributed by atoms with Gasteiger partial charge < -0.3 is 14.2 Å². The number of nitrogens with zero attached hydrogens (tertiary/aromatic N) is 4. The molecule has 2 rings (SSSR count). The molecule has 2 aromatic heterocycles. The van der Waals surface area contributed by atoms with Crippen LogP contribution < -0.4 is 0 Å². The largest absolute Gasteiger partial charge is 0.371 e. The quantitative estimate of drug-likeness (QED) is 0.807. The molecule has 0 aliphatic rings. The Hall–Kier alpha value is -2.28. The van der Waals surface area contributed by atoms with Crippen LogP contribution >= 0.6 is 0 Å². The van der Waals surface area contributed by atoms with Gasteiger partial charge in [0.05, 0.1) is 6.54 Å². The number of aromatic nitrogens is 3. The summed E-state index contributed by atoms with van der Waals surface area (Å²) in [6, 6.07) is 3.32. The van der Waals surface area contributed by atoms with Crippen LogP contribution in [0, 0.1) is 0 Å². The Labute approximate surface area is 122 Å². The van der Waals surface area contributed by atoms with Gasteiger partial charge in [-0.2, -0.15) is 4.98 Å². The molecule has 112 valence electrons. The molecule has 2 heterocycles. The average Bonchev–Trinajstić information content (AvgIpc) is 2.96. The van der Waals surface area contributed by atoms with Gasteiger partial charge in [-0.1, -0.05) is 5.16 Å². The van der Waals surface area contributed by atoms with Crippen LogP contribution in [0.25, 0.3) is 0 Å². The summed E-state index contributed by atoms with van der Waals surface area (Å²) in [4.78, 5) is 21.8. The third kappa shape index (κ3) is 3.85. The van der Waals surface area contributed by atoms with Crippen LogP contribution in [0.4, 0.5) is 0 Å². The Morgan fingerprint density at radius 2 is 2.14 bits per heavy atom. The fourth-order valence-corrected chi connectivity index (χ4v) is 1.81. The Morgan fingerprint density at radius 1 is 1.43 bits per heavy atom. The van der Waals surface area contributed by atoms with Crippen LogP contribution in [0.5, 0.6) is 0 Å². The van der Waals surface area contributed by atoms with Crippen molar-refractivity contribution in [2.75, 3.05) is 13.7 Å². The third-order valence-corrected chi connectivity index (χ3v) is 2.91. The predicted molar refractivity (Wildman–Crippen MR) is 74.4 cm³/mol. The molecule has 1 amide bonds. The second-order valence-electron chi connectivity index (χ2n) is 4.54. The van der Waals surface area contributed by atoms with Crippen molar-refractivity contribution in [2.45, 2.75) is 26.5 Å². The van der Waals surface area contributed by atoms with Crippen molar-refractivity contribution in [1.29, 1.82) is 0 Å². The van der Waals surface area contributed by atoms with Crippen molar-refractivity contribution < 1.29 is 14.1 Å². The molecule has 7 nitrogen and oxygen atoms in total. The van der Waals surface area contributed by atoms with E-state index in [9.17, 15) is 4.79 Å². The summed E-state index contributed by atoms with van der Waals surface area (Å²) >= 11 is 0. The lowest BCUT2D eigenvalue weighted by Crippen LogP contribution is -2.26. The molecule has 0 radical (unpaired) electrons. The minimum absolute atomic E-state index is 0.130. The second-order valence-corrected chi connectivity index (χ2v) is 4.54. The molecule has 0 fully saturated rings. The number of rotatable bonds is 6. The van der Waals surface area contributed by atoms with Gasteiger partial charge in [-0.3, -0.25) is 9.78 Å². The molecule has 1 unspecified atom stereocenters. The van der Waals surface area contributed by atoms with Crippen LogP contribution in [0.1, 0.15) is 42.0 Å². The highest BCUT2D eigenvalue weighted by molar-refractivity contribution is 5.93. The summed E-state index contributed by atoms with van der Waals surface area (Å²) in [5.74, 6) is 0.730. The highest BCUT2D eigenvalue weighted by atomic mass is 16.5. The van der Waals surface area contributed by atoms with Crippen molar-refractivity contribution in [3.63, 3.8) is 0 Å². The number of pyridine rings is 1. The fraction of sp³-hybridized carbons (Fsp3) is 0.429. The Bertz CT molecular complexity index is 585. The zero-order valence-corrected chi connectivity index (χ0v) is 12.3. The van der Waals surface area contributed by atoms with E-state index in [2.05, 4.69) is 15.1 Å². The van der Waals surface area contributed by atoms with Gasteiger partial charge in [-0.25, -0.2) is 0 Å². The minimum atomic E-state index is -0.228. The molecular weight excluding hydrogens is 272 g/mol. The highest BCUT2D eigenvalue weighted by Crippen LogP contribution is 2.14. The van der Waals surface area contributed by atoms with Gasteiger partial charge in [-0.05, 0) is 26.0 Å². The summed E-state index contributed by atoms with van der Waals surface area (Å²) in [5, 5.41) is 3.86. The van der Waals surface area contributed by atoms with Gasteiger partial charge in [0.15, 0.2) is 5.82 Å². The lowest BCUT2D eigenvalue weighted by Gasteiger charge is -2.14. The van der Waals surface area contributed by atoms with Gasteiger partial charge in [0.2, 0.25) is 5.89 Å². The summed E-state index contributed by atoms with van der Waals surface area (Å²) in [7, 11) is 1.68. The van der Waals surface area contributed by atoms with Crippen LogP contribution in [0.2, 0.25) is 0 Å². The number of amides is 1. The Balaban J connectivity index is 2.00. The Kier molecular flexibility index (Phi) is 4.99. The maximum atomic E-state index is 12.2. The van der Waals surface area contributed by atoms with Crippen LogP contribution in [0.15, 0.2) is 29.0 Å². The maximum Gasteiger partial charge on any atom is 0.254 e. The number of hydrogen-bond acceptors (Lipinski definition) is 6. The van der Waals surface area contributed by atoms with Gasteiger partial charge in [0.25, 0.3) is 5.91 Å². The molecule has 0 saturated heterocycles. The molecule has 0 N–H and O–H groups in total. The molecule has 1 atom stereocenters. The monoisotopic (exact) mass is 290 g/mol. The van der Waals surface area contributed by atoms with E-state index in [0.29, 0.717) is 23.9 Å². The molecule has 0 aromatic carbocycles. The first-order chi connectivity index (χ1) is 10.1. The molecule has 0 aliphatic heterocycles. The number of hydrogen-bond donors (Lipinski definition) is 0. The molecule has 0 bridgehead atoms. The standard InChI is InChI=1S/C14H18N4O3/c1-4-20-10(2)13-16-12(21-17-13)9-18(3)14(19)11-5-7-15-8-6-11/h5-8,10H,4,9H2,1-3H3. The van der Waals surface area contributed by atoms with Crippen LogP contribution in [0.3, 0.4) is 0 Å². The van der Waals surface area contributed by atoms with E-state index in [1.807, 2.05) is 13.8 Å². The fourth-order valence-electron chi connectivity index (χ4n) is 1.81. The van der Waals surface area contributed by atoms with Crippen molar-refractivity contribution >= 4 is 5.91 Å². The molecule has 7 heteroatoms. The van der Waals surface area contributed by atoms with Crippen LogP contribution in [-0.2, 0) is 11.3 Å². The molecular formula is C14H18N4O3. The van der Waals surface area contributed by atoms with Gasteiger partial charge in [-0.15, -0.1) is 0 Å². The smallest absolute Gasteiger partial charge is 0.254 e. The lowest BCUT2D eigenvalue weighted by molar-refractivity contribution is 0.0682. The molecule has 0 spiro atoms. The zero-order valence-electron chi connectivity index (χ0n) is 12.3. The van der Waals surface area contributed by atoms with Gasteiger partial charge in [0, 0.05) is 31.6 Å². The van der Waals surface area contributed by atoms with Crippen LogP contribution in [-0.4, -0.2) is 39.6 Å². The van der Waals surface area contributed by atoms with Crippen molar-refractivity contribution in [2.24, 2.45) is 0 Å². The maximum absolute atomic E-state index is 12.2. The van der Waals surface area contributed by atoms with E-state index in [4.69, 9.17) is 9.26 Å². The first kappa shape index (κ1) is 15.1. The Morgan fingerprint density at radius 3 is 2.81 bits per heavy atom. The van der Waals surface area contributed by atoms with E-state index in [1.54, 1.807) is 31.6 Å². The molecule has 21 heavy (non-hydrogen) atoms. The van der Waals surface area contributed by atoms with Crippen molar-refractivity contribution in [3.8, 4) is 0 Å². The normalized spacial score (nSPS) is 12.1. The van der Waals surface area contributed by atoms with Gasteiger partial charge in [0.1, 0.15) is 6.10 Å². The number of ether oxygens (including phenoxy) is 1. The number of carbonyl (C=O) groups excluding carboxylic acids is 1. The second kappa shape index (κ2) is 6.94. The first-order valence-electron chi connectivity index (χ1n) is 6.71. The molecule has 0 aliphatic carbocycles. The zero-order chi connectivity index (χ0) is 15.2. The summed E-state index contributed by atoms with van der Waals surface area (Å²) in [6.45, 7) is 4.57. The number of carbonyl (C=O) groups is 1. The average molecular weight is 290 g/mol. The first-order valence-corrected chi connectivity index (χ1v) is 6.71. The summed E-state index contributed by atoms with van der Waals surface area (Å²) in [5.41, 5.74) is 0.565. The van der Waals surface area contributed by atoms with E-state index in [1.165, 1.54) is 4.90 Å². The van der Waals surface area contributed by atoms with E-state index in [0.717, 1.165) is 0 Å².